The summed E-state index contributed by atoms with van der Waals surface area (Å²) in [6, 6.07) is 16.3. The maximum atomic E-state index is 14.9. The average Bonchev–Trinajstić information content (AvgIpc) is 2.68. The summed E-state index contributed by atoms with van der Waals surface area (Å²) in [6.45, 7) is 5.34. The van der Waals surface area contributed by atoms with E-state index in [-0.39, 0.29) is 11.7 Å². The lowest BCUT2D eigenvalue weighted by molar-refractivity contribution is -0.123. The van der Waals surface area contributed by atoms with Crippen LogP contribution < -0.4 is 10.1 Å². The molecule has 1 N–H and O–H groups in total. The third-order valence-corrected chi connectivity index (χ3v) is 5.35. The number of hydrogen-bond donors (Lipinski definition) is 1. The highest BCUT2D eigenvalue weighted by atomic mass is 35.5. The third-order valence-electron chi connectivity index (χ3n) is 4.53. The molecule has 0 saturated carbocycles. The molecule has 0 aromatic heterocycles. The molecule has 3 aromatic rings. The molecular weight excluding hydrogens is 460 g/mol. The van der Waals surface area contributed by atoms with E-state index >= 15 is 0 Å². The summed E-state index contributed by atoms with van der Waals surface area (Å²) >= 11 is 18.4. The molecule has 1 atom stereocenters. The van der Waals surface area contributed by atoms with Gasteiger partial charge in [0.25, 0.3) is 0 Å². The van der Waals surface area contributed by atoms with Gasteiger partial charge in [-0.2, -0.15) is 0 Å². The highest BCUT2D eigenvalue weighted by Crippen LogP contribution is 2.36. The zero-order valence-electron chi connectivity index (χ0n) is 17.2. The second-order valence-electron chi connectivity index (χ2n) is 8.06. The van der Waals surface area contributed by atoms with Gasteiger partial charge >= 0.3 is 0 Å². The summed E-state index contributed by atoms with van der Waals surface area (Å²) in [4.78, 5) is 12.2. The van der Waals surface area contributed by atoms with Gasteiger partial charge in [0, 0.05) is 37.8 Å². The van der Waals surface area contributed by atoms with E-state index < -0.39 is 17.3 Å². The van der Waals surface area contributed by atoms with Crippen LogP contribution in [0.4, 0.5) is 10.1 Å². The molecule has 0 aliphatic heterocycles. The van der Waals surface area contributed by atoms with Crippen LogP contribution in [0.3, 0.4) is 0 Å². The highest BCUT2D eigenvalue weighted by Gasteiger charge is 2.23. The quantitative estimate of drug-likeness (QED) is 0.402. The van der Waals surface area contributed by atoms with E-state index in [4.69, 9.17) is 39.5 Å². The van der Waals surface area contributed by atoms with Gasteiger partial charge < -0.3 is 10.1 Å². The van der Waals surface area contributed by atoms with Gasteiger partial charge in [0.15, 0.2) is 17.7 Å². The number of amides is 1. The topological polar surface area (TPSA) is 38.3 Å². The fourth-order valence-corrected chi connectivity index (χ4v) is 3.42. The van der Waals surface area contributed by atoms with Crippen molar-refractivity contribution in [2.45, 2.75) is 26.9 Å². The third kappa shape index (κ3) is 5.91. The minimum atomic E-state index is -0.702. The normalized spacial score (nSPS) is 12.4. The Labute approximate surface area is 196 Å². The van der Waals surface area contributed by atoms with Crippen molar-refractivity contribution >= 4 is 46.4 Å². The molecule has 3 aromatic carbocycles. The van der Waals surface area contributed by atoms with Crippen LogP contribution in [0.5, 0.6) is 5.75 Å². The van der Waals surface area contributed by atoms with Crippen LogP contribution in [0.1, 0.15) is 38.0 Å². The molecular formula is C24H21Cl3FNO2. The fourth-order valence-electron chi connectivity index (χ4n) is 2.78. The zero-order valence-corrected chi connectivity index (χ0v) is 19.4. The van der Waals surface area contributed by atoms with E-state index in [0.717, 1.165) is 5.56 Å². The van der Waals surface area contributed by atoms with Gasteiger partial charge in [0.05, 0.1) is 0 Å². The van der Waals surface area contributed by atoms with E-state index in [1.165, 1.54) is 12.1 Å². The molecule has 3 rings (SSSR count). The second kappa shape index (κ2) is 9.47. The predicted molar refractivity (Wildman–Crippen MR) is 125 cm³/mol. The van der Waals surface area contributed by atoms with Crippen molar-refractivity contribution < 1.29 is 13.9 Å². The number of hydrogen-bond acceptors (Lipinski definition) is 2. The minimum absolute atomic E-state index is 0.0136. The molecule has 1 unspecified atom stereocenters. The highest BCUT2D eigenvalue weighted by molar-refractivity contribution is 6.35. The number of rotatable bonds is 5. The SMILES string of the molecule is CC(C)(C)C(=O)Nc1ccc(OC(c2ccc(Cl)cc2)c2ccc(Cl)cc2Cl)c(F)c1. The van der Waals surface area contributed by atoms with Crippen LogP contribution >= 0.6 is 34.8 Å². The molecule has 31 heavy (non-hydrogen) atoms. The van der Waals surface area contributed by atoms with Crippen LogP contribution in [-0.4, -0.2) is 5.91 Å². The van der Waals surface area contributed by atoms with Crippen molar-refractivity contribution in [2.75, 3.05) is 5.32 Å². The molecule has 0 aliphatic carbocycles. The Bertz CT molecular complexity index is 1090. The Hall–Kier alpha value is -2.27. The number of ether oxygens (including phenoxy) is 1. The first-order chi connectivity index (χ1) is 14.5. The maximum Gasteiger partial charge on any atom is 0.229 e. The smallest absolute Gasteiger partial charge is 0.229 e. The first-order valence-corrected chi connectivity index (χ1v) is 10.7. The number of halogens is 4. The van der Waals surface area contributed by atoms with Crippen LogP contribution in [0.15, 0.2) is 60.7 Å². The second-order valence-corrected chi connectivity index (χ2v) is 9.34. The van der Waals surface area contributed by atoms with Crippen LogP contribution in [0.25, 0.3) is 0 Å². The summed E-state index contributed by atoms with van der Waals surface area (Å²) < 4.78 is 20.9. The van der Waals surface area contributed by atoms with Crippen molar-refractivity contribution in [2.24, 2.45) is 5.41 Å². The van der Waals surface area contributed by atoms with Crippen LogP contribution in [0, 0.1) is 11.2 Å². The van der Waals surface area contributed by atoms with Gasteiger partial charge in [0.1, 0.15) is 0 Å². The van der Waals surface area contributed by atoms with Crippen molar-refractivity contribution in [3.63, 3.8) is 0 Å². The van der Waals surface area contributed by atoms with Gasteiger partial charge in [0.2, 0.25) is 5.91 Å². The molecule has 0 saturated heterocycles. The zero-order chi connectivity index (χ0) is 22.8. The standard InChI is InChI=1S/C24H21Cl3FNO2/c1-24(2,3)23(30)29-17-9-11-21(20(28)13-17)31-22(14-4-6-15(25)7-5-14)18-10-8-16(26)12-19(18)27/h4-13,22H,1-3H3,(H,29,30). The van der Waals surface area contributed by atoms with Crippen molar-refractivity contribution in [1.29, 1.82) is 0 Å². The Morgan fingerprint density at radius 3 is 2.16 bits per heavy atom. The van der Waals surface area contributed by atoms with E-state index in [0.29, 0.717) is 26.3 Å². The summed E-state index contributed by atoms with van der Waals surface area (Å²) in [6.07, 6.45) is -0.702. The Kier molecular flexibility index (Phi) is 7.15. The van der Waals surface area contributed by atoms with E-state index in [1.54, 1.807) is 69.3 Å². The lowest BCUT2D eigenvalue weighted by atomic mass is 9.95. The van der Waals surface area contributed by atoms with Crippen LogP contribution in [0.2, 0.25) is 15.1 Å². The molecule has 3 nitrogen and oxygen atoms in total. The van der Waals surface area contributed by atoms with Gasteiger partial charge in [-0.15, -0.1) is 0 Å². The molecule has 0 radical (unpaired) electrons. The van der Waals surface area contributed by atoms with Gasteiger partial charge in [-0.1, -0.05) is 73.8 Å². The number of nitrogens with one attached hydrogen (secondary N) is 1. The first-order valence-electron chi connectivity index (χ1n) is 9.52. The molecule has 0 bridgehead atoms. The number of carbonyl (C=O) groups excluding carboxylic acids is 1. The number of carbonyl (C=O) groups is 1. The molecule has 0 fully saturated rings. The van der Waals surface area contributed by atoms with E-state index in [1.807, 2.05) is 0 Å². The monoisotopic (exact) mass is 479 g/mol. The number of anilines is 1. The van der Waals surface area contributed by atoms with Crippen molar-refractivity contribution in [1.82, 2.24) is 0 Å². The molecule has 7 heteroatoms. The molecule has 0 heterocycles. The molecule has 0 aliphatic rings. The van der Waals surface area contributed by atoms with E-state index in [2.05, 4.69) is 5.32 Å². The summed E-state index contributed by atoms with van der Waals surface area (Å²) in [5.41, 5.74) is 1.10. The fraction of sp³-hybridized carbons (Fsp3) is 0.208. The Morgan fingerprint density at radius 2 is 1.58 bits per heavy atom. The predicted octanol–water partition coefficient (Wildman–Crippen LogP) is 7.94. The Morgan fingerprint density at radius 1 is 0.935 bits per heavy atom. The minimum Gasteiger partial charge on any atom is -0.478 e. The van der Waals surface area contributed by atoms with E-state index in [9.17, 15) is 9.18 Å². The molecule has 0 spiro atoms. The largest absolute Gasteiger partial charge is 0.478 e. The van der Waals surface area contributed by atoms with Crippen molar-refractivity contribution in [3.8, 4) is 5.75 Å². The van der Waals surface area contributed by atoms with Gasteiger partial charge in [-0.05, 0) is 42.0 Å². The summed E-state index contributed by atoms with van der Waals surface area (Å²) in [5.74, 6) is -0.817. The molecule has 162 valence electrons. The summed E-state index contributed by atoms with van der Waals surface area (Å²) in [5, 5.41) is 4.14. The van der Waals surface area contributed by atoms with Crippen molar-refractivity contribution in [3.05, 3.63) is 92.7 Å². The Balaban J connectivity index is 1.94. The number of benzene rings is 3. The lowest BCUT2D eigenvalue weighted by Crippen LogP contribution is -2.27. The molecule has 1 amide bonds. The summed E-state index contributed by atoms with van der Waals surface area (Å²) in [7, 11) is 0. The average molecular weight is 481 g/mol. The first kappa shape index (κ1) is 23.4. The lowest BCUT2D eigenvalue weighted by Gasteiger charge is -2.22. The maximum absolute atomic E-state index is 14.9. The van der Waals surface area contributed by atoms with Crippen LogP contribution in [-0.2, 0) is 4.79 Å². The van der Waals surface area contributed by atoms with Gasteiger partial charge in [-0.3, -0.25) is 4.79 Å². The van der Waals surface area contributed by atoms with Gasteiger partial charge in [-0.25, -0.2) is 4.39 Å².